The van der Waals surface area contributed by atoms with Crippen LogP contribution in [-0.4, -0.2) is 21.9 Å². The lowest BCUT2D eigenvalue weighted by atomic mass is 10.2. The Morgan fingerprint density at radius 2 is 1.90 bits per heavy atom. The summed E-state index contributed by atoms with van der Waals surface area (Å²) < 4.78 is 20.2. The Balaban J connectivity index is 1.93. The number of nitrogens with two attached hydrogens (primary N) is 1. The van der Waals surface area contributed by atoms with E-state index in [1.54, 1.807) is 24.2 Å². The maximum atomic E-state index is 13.5. The van der Waals surface area contributed by atoms with Gasteiger partial charge in [-0.3, -0.25) is 0 Å². The molecule has 0 bridgehead atoms. The minimum Gasteiger partial charge on any atom is -0.497 e. The monoisotopic (exact) mass is 284 g/mol. The molecule has 0 spiro atoms. The number of nitrogens with zero attached hydrogens (tertiary/aromatic N) is 3. The number of hydrogen-bond donors (Lipinski definition) is 1. The van der Waals surface area contributed by atoms with Crippen molar-refractivity contribution in [3.05, 3.63) is 54.6 Å². The molecule has 0 saturated carbocycles. The van der Waals surface area contributed by atoms with E-state index in [4.69, 9.17) is 10.5 Å². The number of ether oxygens (including phenoxy) is 1. The molecule has 0 radical (unpaired) electrons. The molecular formula is C15H13FN4O. The molecule has 0 saturated heterocycles. The molecule has 1 aromatic heterocycles. The van der Waals surface area contributed by atoms with Crippen LogP contribution < -0.4 is 10.5 Å². The van der Waals surface area contributed by atoms with Crippen LogP contribution in [0.1, 0.15) is 0 Å². The summed E-state index contributed by atoms with van der Waals surface area (Å²) in [4.78, 5) is 4.19. The second kappa shape index (κ2) is 5.24. The average molecular weight is 284 g/mol. The Kier molecular flexibility index (Phi) is 3.27. The molecule has 0 aliphatic carbocycles. The lowest BCUT2D eigenvalue weighted by Crippen LogP contribution is -1.95. The van der Waals surface area contributed by atoms with Crippen LogP contribution in [-0.2, 0) is 0 Å². The van der Waals surface area contributed by atoms with Crippen LogP contribution in [0, 0.1) is 5.82 Å². The molecule has 1 heterocycles. The van der Waals surface area contributed by atoms with Gasteiger partial charge < -0.3 is 10.5 Å². The molecule has 106 valence electrons. The van der Waals surface area contributed by atoms with Crippen molar-refractivity contribution in [2.75, 3.05) is 12.8 Å². The highest BCUT2D eigenvalue weighted by Crippen LogP contribution is 2.21. The molecule has 0 fully saturated rings. The third-order valence-corrected chi connectivity index (χ3v) is 3.09. The fraction of sp³-hybridized carbons (Fsp3) is 0.0667. The van der Waals surface area contributed by atoms with Gasteiger partial charge in [-0.1, -0.05) is 0 Å². The van der Waals surface area contributed by atoms with Crippen LogP contribution in [0.15, 0.2) is 48.8 Å². The average Bonchev–Trinajstić information content (AvgIpc) is 3.00. The number of aromatic nitrogens is 3. The van der Waals surface area contributed by atoms with E-state index in [2.05, 4.69) is 10.1 Å². The molecule has 6 heteroatoms. The second-order valence-electron chi connectivity index (χ2n) is 4.45. The first-order valence-electron chi connectivity index (χ1n) is 6.29. The van der Waals surface area contributed by atoms with Crippen molar-refractivity contribution in [3.63, 3.8) is 0 Å². The highest BCUT2D eigenvalue weighted by molar-refractivity contribution is 5.59. The predicted molar refractivity (Wildman–Crippen MR) is 77.7 cm³/mol. The van der Waals surface area contributed by atoms with Gasteiger partial charge in [0.05, 0.1) is 18.5 Å². The Morgan fingerprint density at radius 3 is 2.57 bits per heavy atom. The minimum atomic E-state index is -0.478. The van der Waals surface area contributed by atoms with Gasteiger partial charge in [0.2, 0.25) is 0 Å². The number of anilines is 1. The highest BCUT2D eigenvalue weighted by Gasteiger charge is 2.08. The van der Waals surface area contributed by atoms with Crippen molar-refractivity contribution >= 4 is 5.69 Å². The summed E-state index contributed by atoms with van der Waals surface area (Å²) in [7, 11) is 1.61. The zero-order valence-corrected chi connectivity index (χ0v) is 11.3. The van der Waals surface area contributed by atoms with Crippen molar-refractivity contribution in [1.82, 2.24) is 14.8 Å². The van der Waals surface area contributed by atoms with Crippen LogP contribution in [0.25, 0.3) is 17.1 Å². The highest BCUT2D eigenvalue weighted by atomic mass is 19.1. The zero-order valence-electron chi connectivity index (χ0n) is 11.3. The summed E-state index contributed by atoms with van der Waals surface area (Å²) in [5.74, 6) is 0.720. The normalized spacial score (nSPS) is 10.6. The Hall–Kier alpha value is -2.89. The molecule has 2 aromatic carbocycles. The van der Waals surface area contributed by atoms with Crippen LogP contribution >= 0.6 is 0 Å². The van der Waals surface area contributed by atoms with E-state index in [1.165, 1.54) is 12.1 Å². The second-order valence-corrected chi connectivity index (χ2v) is 4.45. The van der Waals surface area contributed by atoms with Gasteiger partial charge in [0, 0.05) is 5.56 Å². The fourth-order valence-corrected chi connectivity index (χ4v) is 1.92. The molecule has 3 aromatic rings. The van der Waals surface area contributed by atoms with Gasteiger partial charge in [-0.15, -0.1) is 5.10 Å². The molecular weight excluding hydrogens is 271 g/mol. The lowest BCUT2D eigenvalue weighted by molar-refractivity contribution is 0.414. The summed E-state index contributed by atoms with van der Waals surface area (Å²) in [5, 5.41) is 4.33. The summed E-state index contributed by atoms with van der Waals surface area (Å²) in [5.41, 5.74) is 6.98. The topological polar surface area (TPSA) is 66.0 Å². The molecule has 0 aliphatic heterocycles. The molecule has 0 atom stereocenters. The van der Waals surface area contributed by atoms with E-state index < -0.39 is 5.82 Å². The summed E-state index contributed by atoms with van der Waals surface area (Å²) >= 11 is 0. The molecule has 3 rings (SSSR count). The van der Waals surface area contributed by atoms with Crippen molar-refractivity contribution < 1.29 is 9.13 Å². The van der Waals surface area contributed by atoms with Gasteiger partial charge in [-0.2, -0.15) is 0 Å². The SMILES string of the molecule is COc1ccc(-n2cnc(-c3ccc(N)c(F)c3)n2)cc1. The summed E-state index contributed by atoms with van der Waals surface area (Å²) in [6.45, 7) is 0. The van der Waals surface area contributed by atoms with Crippen molar-refractivity contribution in [2.24, 2.45) is 0 Å². The van der Waals surface area contributed by atoms with Gasteiger partial charge in [-0.25, -0.2) is 14.1 Å². The number of hydrogen-bond acceptors (Lipinski definition) is 4. The number of benzene rings is 2. The minimum absolute atomic E-state index is 0.105. The Labute approximate surface area is 120 Å². The fourth-order valence-electron chi connectivity index (χ4n) is 1.92. The van der Waals surface area contributed by atoms with Crippen molar-refractivity contribution in [3.8, 4) is 22.8 Å². The molecule has 21 heavy (non-hydrogen) atoms. The predicted octanol–water partition coefficient (Wildman–Crippen LogP) is 2.66. The smallest absolute Gasteiger partial charge is 0.181 e. The quantitative estimate of drug-likeness (QED) is 0.751. The van der Waals surface area contributed by atoms with E-state index in [0.29, 0.717) is 11.4 Å². The Bertz CT molecular complexity index is 768. The first-order valence-corrected chi connectivity index (χ1v) is 6.29. The molecule has 5 nitrogen and oxygen atoms in total. The van der Waals surface area contributed by atoms with Gasteiger partial charge in [0.1, 0.15) is 17.9 Å². The third kappa shape index (κ3) is 2.55. The molecule has 0 aliphatic rings. The molecule has 0 amide bonds. The van der Waals surface area contributed by atoms with Gasteiger partial charge in [-0.05, 0) is 42.5 Å². The van der Waals surface area contributed by atoms with E-state index in [-0.39, 0.29) is 5.69 Å². The first-order chi connectivity index (χ1) is 10.2. The number of nitrogen functional groups attached to an aromatic ring is 1. The third-order valence-electron chi connectivity index (χ3n) is 3.09. The van der Waals surface area contributed by atoms with E-state index in [1.807, 2.05) is 24.3 Å². The van der Waals surface area contributed by atoms with Crippen LogP contribution in [0.2, 0.25) is 0 Å². The molecule has 0 unspecified atom stereocenters. The van der Waals surface area contributed by atoms with E-state index in [9.17, 15) is 4.39 Å². The van der Waals surface area contributed by atoms with Crippen molar-refractivity contribution in [2.45, 2.75) is 0 Å². The summed E-state index contributed by atoms with van der Waals surface area (Å²) in [6, 6.07) is 11.9. The van der Waals surface area contributed by atoms with Crippen LogP contribution in [0.3, 0.4) is 0 Å². The molecule has 2 N–H and O–H groups in total. The maximum absolute atomic E-state index is 13.5. The van der Waals surface area contributed by atoms with Gasteiger partial charge >= 0.3 is 0 Å². The largest absolute Gasteiger partial charge is 0.497 e. The van der Waals surface area contributed by atoms with Crippen molar-refractivity contribution in [1.29, 1.82) is 0 Å². The maximum Gasteiger partial charge on any atom is 0.181 e. The lowest BCUT2D eigenvalue weighted by Gasteiger charge is -2.02. The van der Waals surface area contributed by atoms with Crippen LogP contribution in [0.4, 0.5) is 10.1 Å². The van der Waals surface area contributed by atoms with Gasteiger partial charge in [0.25, 0.3) is 0 Å². The first kappa shape index (κ1) is 13.1. The Morgan fingerprint density at radius 1 is 1.14 bits per heavy atom. The number of rotatable bonds is 3. The van der Waals surface area contributed by atoms with Gasteiger partial charge in [0.15, 0.2) is 5.82 Å². The standard InChI is InChI=1S/C15H13FN4O/c1-21-12-5-3-11(4-6-12)20-9-18-15(19-20)10-2-7-14(17)13(16)8-10/h2-9H,17H2,1H3. The van der Waals surface area contributed by atoms with E-state index >= 15 is 0 Å². The van der Waals surface area contributed by atoms with Crippen LogP contribution in [0.5, 0.6) is 5.75 Å². The zero-order chi connectivity index (χ0) is 14.8. The number of halogens is 1. The van der Waals surface area contributed by atoms with E-state index in [0.717, 1.165) is 11.4 Å². The number of methoxy groups -OCH3 is 1. The summed E-state index contributed by atoms with van der Waals surface area (Å²) in [6.07, 6.45) is 1.57.